The van der Waals surface area contributed by atoms with Gasteiger partial charge in [0.25, 0.3) is 0 Å². The van der Waals surface area contributed by atoms with Crippen LogP contribution in [-0.2, 0) is 19.0 Å². The second-order valence-electron chi connectivity index (χ2n) is 7.68. The lowest BCUT2D eigenvalue weighted by molar-refractivity contribution is -0.111. The Hall–Kier alpha value is -2.61. The number of ether oxygens (including phenoxy) is 4. The van der Waals surface area contributed by atoms with Crippen LogP contribution in [0, 0.1) is 0 Å². The summed E-state index contributed by atoms with van der Waals surface area (Å²) >= 11 is 6.75. The fraction of sp³-hybridized carbons (Fsp3) is 0.346. The number of alkyl halides is 1. The topological polar surface area (TPSA) is 124 Å². The zero-order valence-electron chi connectivity index (χ0n) is 20.7. The van der Waals surface area contributed by atoms with Gasteiger partial charge in [-0.15, -0.1) is 0 Å². The number of hydrogen-bond acceptors (Lipinski definition) is 9. The Kier molecular flexibility index (Phi) is 13.5. The number of halogens is 2. The maximum Gasteiger partial charge on any atom is 0.248 e. The summed E-state index contributed by atoms with van der Waals surface area (Å²) in [6.45, 7) is 2.58. The Labute approximate surface area is 238 Å². The van der Waals surface area contributed by atoms with E-state index in [0.29, 0.717) is 67.7 Å². The Morgan fingerprint density at radius 3 is 2.42 bits per heavy atom. The molecule has 12 heteroatoms. The fourth-order valence-electron chi connectivity index (χ4n) is 3.25. The third kappa shape index (κ3) is 10.3. The first kappa shape index (κ1) is 29.9. The number of carbonyl (C=O) groups excluding carboxylic acids is 1. The smallest absolute Gasteiger partial charge is 0.248 e. The molecule has 1 aromatic heterocycles. The lowest BCUT2D eigenvalue weighted by Gasteiger charge is -2.15. The van der Waals surface area contributed by atoms with Crippen LogP contribution < -0.4 is 15.4 Å². The number of aliphatic hydroxyl groups excluding tert-OH is 1. The molecule has 10 nitrogen and oxygen atoms in total. The molecule has 3 N–H and O–H groups in total. The van der Waals surface area contributed by atoms with Gasteiger partial charge in [0.15, 0.2) is 0 Å². The first-order valence-electron chi connectivity index (χ1n) is 11.9. The number of hydrogen-bond donors (Lipinski definition) is 3. The predicted molar refractivity (Wildman–Crippen MR) is 154 cm³/mol. The van der Waals surface area contributed by atoms with Crippen LogP contribution in [0.2, 0.25) is 0 Å². The van der Waals surface area contributed by atoms with E-state index in [1.54, 1.807) is 18.2 Å². The zero-order valence-corrected chi connectivity index (χ0v) is 23.9. The maximum atomic E-state index is 12.4. The molecule has 0 fully saturated rings. The molecule has 2 aromatic carbocycles. The van der Waals surface area contributed by atoms with Gasteiger partial charge in [0.05, 0.1) is 57.5 Å². The molecule has 0 unspecified atom stereocenters. The van der Waals surface area contributed by atoms with Gasteiger partial charge in [0, 0.05) is 33.0 Å². The number of nitrogens with zero attached hydrogens (tertiary/aromatic N) is 2. The summed E-state index contributed by atoms with van der Waals surface area (Å²) in [5, 5.41) is 16.1. The normalized spacial score (nSPS) is 11.2. The highest BCUT2D eigenvalue weighted by atomic mass is 79.9. The zero-order chi connectivity index (χ0) is 27.0. The number of allylic oxidation sites excluding steroid dienone is 1. The van der Waals surface area contributed by atoms with E-state index in [9.17, 15) is 4.79 Å². The van der Waals surface area contributed by atoms with Crippen molar-refractivity contribution in [1.29, 1.82) is 0 Å². The lowest BCUT2D eigenvalue weighted by Crippen LogP contribution is -2.14. The number of aliphatic hydroxyl groups is 1. The van der Waals surface area contributed by atoms with Crippen LogP contribution in [0.25, 0.3) is 10.9 Å². The molecule has 1 amide bonds. The van der Waals surface area contributed by atoms with Crippen LogP contribution >= 0.6 is 31.9 Å². The SMILES string of the molecule is O=C(/C=C/CBr)Nc1cc2c(Nc3cccc(Br)c3)ncnc2cc1OCCOCCOCCOCCO. The van der Waals surface area contributed by atoms with Crippen LogP contribution in [0.15, 0.2) is 59.4 Å². The summed E-state index contributed by atoms with van der Waals surface area (Å²) in [6, 6.07) is 11.3. The van der Waals surface area contributed by atoms with Gasteiger partial charge in [0.2, 0.25) is 5.91 Å². The molecule has 0 saturated carbocycles. The van der Waals surface area contributed by atoms with Crippen molar-refractivity contribution in [3.63, 3.8) is 0 Å². The van der Waals surface area contributed by atoms with Crippen molar-refractivity contribution in [3.05, 3.63) is 59.4 Å². The molecule has 0 radical (unpaired) electrons. The van der Waals surface area contributed by atoms with Crippen molar-refractivity contribution in [3.8, 4) is 5.75 Å². The molecule has 1 heterocycles. The van der Waals surface area contributed by atoms with E-state index < -0.39 is 0 Å². The van der Waals surface area contributed by atoms with Gasteiger partial charge >= 0.3 is 0 Å². The minimum absolute atomic E-state index is 0.00386. The molecular formula is C26H30Br2N4O6. The monoisotopic (exact) mass is 652 g/mol. The van der Waals surface area contributed by atoms with Gasteiger partial charge in [0.1, 0.15) is 24.5 Å². The number of aromatic nitrogens is 2. The van der Waals surface area contributed by atoms with Gasteiger partial charge in [-0.2, -0.15) is 0 Å². The number of nitrogens with one attached hydrogen (secondary N) is 2. The van der Waals surface area contributed by atoms with Crippen molar-refractivity contribution >= 4 is 65.9 Å². The number of benzene rings is 2. The standard InChI is InChI=1S/C26H30Br2N4O6/c27-6-2-5-25(34)32-23-16-21-22(29-18-30-26(21)31-20-4-1-3-19(28)15-20)17-24(23)38-14-13-37-12-11-36-10-9-35-8-7-33/h1-5,15-18,33H,6-14H2,(H,32,34)(H,29,30,31)/b5-2+. The van der Waals surface area contributed by atoms with Gasteiger partial charge in [-0.3, -0.25) is 4.79 Å². The highest BCUT2D eigenvalue weighted by Gasteiger charge is 2.13. The average Bonchev–Trinajstić information content (AvgIpc) is 2.91. The lowest BCUT2D eigenvalue weighted by atomic mass is 10.1. The summed E-state index contributed by atoms with van der Waals surface area (Å²) in [6.07, 6.45) is 4.62. The summed E-state index contributed by atoms with van der Waals surface area (Å²) in [4.78, 5) is 21.2. The summed E-state index contributed by atoms with van der Waals surface area (Å²) < 4.78 is 23.0. The third-order valence-electron chi connectivity index (χ3n) is 4.91. The van der Waals surface area contributed by atoms with E-state index in [1.807, 2.05) is 24.3 Å². The minimum Gasteiger partial charge on any atom is -0.489 e. The number of fused-ring (bicyclic) bond motifs is 1. The Balaban J connectivity index is 1.66. The Morgan fingerprint density at radius 1 is 0.974 bits per heavy atom. The summed E-state index contributed by atoms with van der Waals surface area (Å²) in [5.74, 6) is 0.769. The maximum absolute atomic E-state index is 12.4. The number of carbonyl (C=O) groups is 1. The van der Waals surface area contributed by atoms with Crippen LogP contribution in [0.4, 0.5) is 17.2 Å². The van der Waals surface area contributed by atoms with Crippen molar-refractivity contribution in [2.75, 3.05) is 68.8 Å². The van der Waals surface area contributed by atoms with Crippen LogP contribution in [0.3, 0.4) is 0 Å². The van der Waals surface area contributed by atoms with E-state index in [-0.39, 0.29) is 19.1 Å². The highest BCUT2D eigenvalue weighted by Crippen LogP contribution is 2.33. The molecule has 0 aliphatic rings. The van der Waals surface area contributed by atoms with E-state index in [2.05, 4.69) is 52.5 Å². The minimum atomic E-state index is -0.289. The summed E-state index contributed by atoms with van der Waals surface area (Å²) in [7, 11) is 0. The molecular weight excluding hydrogens is 624 g/mol. The number of rotatable bonds is 17. The predicted octanol–water partition coefficient (Wildman–Crippen LogP) is 4.45. The van der Waals surface area contributed by atoms with E-state index in [4.69, 9.17) is 24.1 Å². The van der Waals surface area contributed by atoms with Crippen molar-refractivity contribution in [2.45, 2.75) is 0 Å². The molecule has 0 atom stereocenters. The second-order valence-corrected chi connectivity index (χ2v) is 9.24. The van der Waals surface area contributed by atoms with Crippen molar-refractivity contribution in [2.24, 2.45) is 0 Å². The molecule has 0 bridgehead atoms. The van der Waals surface area contributed by atoms with E-state index in [0.717, 1.165) is 15.5 Å². The molecule has 3 rings (SSSR count). The number of amides is 1. The quantitative estimate of drug-likeness (QED) is 0.110. The van der Waals surface area contributed by atoms with Gasteiger partial charge in [-0.1, -0.05) is 44.0 Å². The molecule has 3 aromatic rings. The molecule has 0 saturated heterocycles. The fourth-order valence-corrected chi connectivity index (χ4v) is 3.83. The second kappa shape index (κ2) is 17.1. The van der Waals surface area contributed by atoms with Crippen molar-refractivity contribution in [1.82, 2.24) is 9.97 Å². The van der Waals surface area contributed by atoms with Crippen LogP contribution in [0.1, 0.15) is 0 Å². The largest absolute Gasteiger partial charge is 0.489 e. The molecule has 0 aliphatic carbocycles. The van der Waals surface area contributed by atoms with Gasteiger partial charge in [-0.05, 0) is 24.3 Å². The Morgan fingerprint density at radius 2 is 1.71 bits per heavy atom. The molecule has 0 aliphatic heterocycles. The highest BCUT2D eigenvalue weighted by molar-refractivity contribution is 9.10. The van der Waals surface area contributed by atoms with Crippen LogP contribution in [-0.4, -0.2) is 79.2 Å². The van der Waals surface area contributed by atoms with E-state index in [1.165, 1.54) is 12.4 Å². The first-order chi connectivity index (χ1) is 18.6. The van der Waals surface area contributed by atoms with Gasteiger partial charge in [-0.25, -0.2) is 9.97 Å². The average molecular weight is 654 g/mol. The number of anilines is 3. The third-order valence-corrected chi connectivity index (χ3v) is 5.77. The molecule has 0 spiro atoms. The van der Waals surface area contributed by atoms with Crippen LogP contribution in [0.5, 0.6) is 5.75 Å². The summed E-state index contributed by atoms with van der Waals surface area (Å²) in [5.41, 5.74) is 1.99. The van der Waals surface area contributed by atoms with Gasteiger partial charge < -0.3 is 34.7 Å². The molecule has 204 valence electrons. The first-order valence-corrected chi connectivity index (χ1v) is 13.8. The Bertz CT molecular complexity index is 1200. The van der Waals surface area contributed by atoms with Crippen molar-refractivity contribution < 1.29 is 28.8 Å². The molecule has 38 heavy (non-hydrogen) atoms. The van der Waals surface area contributed by atoms with E-state index >= 15 is 0 Å².